The average Bonchev–Trinajstić information content (AvgIpc) is 2.89. The van der Waals surface area contributed by atoms with Gasteiger partial charge in [-0.25, -0.2) is 4.79 Å². The molecule has 1 N–H and O–H groups in total. The van der Waals surface area contributed by atoms with E-state index in [9.17, 15) is 4.79 Å². The summed E-state index contributed by atoms with van der Waals surface area (Å²) in [5, 5.41) is 11.5. The number of benzene rings is 2. The van der Waals surface area contributed by atoms with Gasteiger partial charge >= 0.3 is 5.97 Å². The van der Waals surface area contributed by atoms with Gasteiger partial charge in [0.2, 0.25) is 0 Å². The van der Waals surface area contributed by atoms with Gasteiger partial charge < -0.3 is 5.11 Å². The van der Waals surface area contributed by atoms with Crippen molar-refractivity contribution in [3.8, 4) is 0 Å². The van der Waals surface area contributed by atoms with Gasteiger partial charge in [0.25, 0.3) is 0 Å². The summed E-state index contributed by atoms with van der Waals surface area (Å²) in [6.45, 7) is 1.93. The fourth-order valence-corrected chi connectivity index (χ4v) is 3.01. The standard InChI is InChI=1S/C19H15N3O2/c1-19(11-14-8-6-12-4-2-3-5-15(12)20-14)21-16-9-7-13(18(23)24)10-17(16)22-19/h2-10H,11H2,1H3,(H,23,24). The Morgan fingerprint density at radius 1 is 1.04 bits per heavy atom. The lowest BCUT2D eigenvalue weighted by molar-refractivity contribution is 0.0696. The first-order valence-electron chi connectivity index (χ1n) is 7.70. The van der Waals surface area contributed by atoms with Gasteiger partial charge in [0.1, 0.15) is 0 Å². The van der Waals surface area contributed by atoms with Crippen LogP contribution < -0.4 is 10.7 Å². The van der Waals surface area contributed by atoms with Crippen LogP contribution in [-0.2, 0) is 6.42 Å². The van der Waals surface area contributed by atoms with E-state index in [0.717, 1.165) is 22.0 Å². The first-order valence-corrected chi connectivity index (χ1v) is 7.70. The molecule has 2 aromatic carbocycles. The highest BCUT2D eigenvalue weighted by Gasteiger charge is 2.26. The molecule has 0 saturated carbocycles. The Hall–Kier alpha value is -3.08. The quantitative estimate of drug-likeness (QED) is 0.804. The van der Waals surface area contributed by atoms with Crippen LogP contribution in [0, 0.1) is 0 Å². The summed E-state index contributed by atoms with van der Waals surface area (Å²) < 4.78 is 0. The molecular weight excluding hydrogens is 302 g/mol. The van der Waals surface area contributed by atoms with E-state index in [2.05, 4.69) is 15.0 Å². The summed E-state index contributed by atoms with van der Waals surface area (Å²) >= 11 is 0. The minimum atomic E-state index is -0.960. The molecule has 5 heteroatoms. The van der Waals surface area contributed by atoms with Crippen molar-refractivity contribution in [2.75, 3.05) is 0 Å². The molecule has 3 aromatic rings. The molecule has 1 unspecified atom stereocenters. The second-order valence-corrected chi connectivity index (χ2v) is 6.12. The minimum absolute atomic E-state index is 0.223. The number of rotatable bonds is 3. The molecule has 1 aromatic heterocycles. The Morgan fingerprint density at radius 3 is 2.67 bits per heavy atom. The highest BCUT2D eigenvalue weighted by atomic mass is 16.4. The number of aromatic nitrogens is 1. The van der Waals surface area contributed by atoms with Gasteiger partial charge in [0.05, 0.1) is 21.8 Å². The summed E-state index contributed by atoms with van der Waals surface area (Å²) in [6, 6.07) is 16.8. The van der Waals surface area contributed by atoms with Crippen molar-refractivity contribution in [3.05, 3.63) is 76.6 Å². The molecule has 0 amide bonds. The number of carbonyl (C=O) groups is 1. The highest BCUT2D eigenvalue weighted by molar-refractivity contribution is 5.87. The lowest BCUT2D eigenvalue weighted by Gasteiger charge is -2.17. The summed E-state index contributed by atoms with van der Waals surface area (Å²) in [5.74, 6) is -0.960. The third kappa shape index (κ3) is 2.54. The molecule has 5 nitrogen and oxygen atoms in total. The summed E-state index contributed by atoms with van der Waals surface area (Å²) in [6.07, 6.45) is 0.564. The molecule has 1 aliphatic heterocycles. The number of hydrogen-bond acceptors (Lipinski definition) is 4. The fraction of sp³-hybridized carbons (Fsp3) is 0.158. The van der Waals surface area contributed by atoms with E-state index >= 15 is 0 Å². The monoisotopic (exact) mass is 317 g/mol. The Labute approximate surface area is 138 Å². The summed E-state index contributed by atoms with van der Waals surface area (Å²) in [5.41, 5.74) is 1.42. The third-order valence-electron chi connectivity index (χ3n) is 4.12. The first-order chi connectivity index (χ1) is 11.5. The van der Waals surface area contributed by atoms with Crippen molar-refractivity contribution in [2.24, 2.45) is 9.98 Å². The van der Waals surface area contributed by atoms with Crippen molar-refractivity contribution >= 4 is 16.9 Å². The van der Waals surface area contributed by atoms with Crippen LogP contribution in [-0.4, -0.2) is 21.7 Å². The molecule has 0 saturated heterocycles. The molecule has 0 aliphatic carbocycles. The van der Waals surface area contributed by atoms with Gasteiger partial charge in [-0.05, 0) is 37.3 Å². The zero-order chi connectivity index (χ0) is 16.7. The van der Waals surface area contributed by atoms with Gasteiger partial charge in [-0.3, -0.25) is 15.0 Å². The largest absolute Gasteiger partial charge is 0.478 e. The topological polar surface area (TPSA) is 74.9 Å². The lowest BCUT2D eigenvalue weighted by atomic mass is 10.1. The Kier molecular flexibility index (Phi) is 3.16. The second-order valence-electron chi connectivity index (χ2n) is 6.12. The lowest BCUT2D eigenvalue weighted by Crippen LogP contribution is -2.22. The van der Waals surface area contributed by atoms with Crippen LogP contribution in [0.2, 0.25) is 0 Å². The van der Waals surface area contributed by atoms with Crippen molar-refractivity contribution in [2.45, 2.75) is 19.0 Å². The van der Waals surface area contributed by atoms with E-state index in [1.807, 2.05) is 43.3 Å². The fourth-order valence-electron chi connectivity index (χ4n) is 3.01. The Bertz CT molecular complexity index is 1090. The van der Waals surface area contributed by atoms with Crippen LogP contribution in [0.3, 0.4) is 0 Å². The van der Waals surface area contributed by atoms with Crippen LogP contribution in [0.5, 0.6) is 0 Å². The van der Waals surface area contributed by atoms with Crippen LogP contribution in [0.15, 0.2) is 64.6 Å². The van der Waals surface area contributed by atoms with Crippen molar-refractivity contribution in [1.29, 1.82) is 0 Å². The molecule has 1 atom stereocenters. The maximum Gasteiger partial charge on any atom is 0.335 e. The maximum atomic E-state index is 11.1. The van der Waals surface area contributed by atoms with Gasteiger partial charge in [-0.2, -0.15) is 0 Å². The molecule has 2 heterocycles. The maximum absolute atomic E-state index is 11.1. The number of pyridine rings is 1. The zero-order valence-electron chi connectivity index (χ0n) is 13.1. The Morgan fingerprint density at radius 2 is 1.83 bits per heavy atom. The number of nitrogens with zero attached hydrogens (tertiary/aromatic N) is 3. The van der Waals surface area contributed by atoms with E-state index in [0.29, 0.717) is 11.8 Å². The van der Waals surface area contributed by atoms with Crippen molar-refractivity contribution in [1.82, 2.24) is 4.98 Å². The number of para-hydroxylation sites is 1. The van der Waals surface area contributed by atoms with Crippen molar-refractivity contribution in [3.63, 3.8) is 0 Å². The predicted octanol–water partition coefficient (Wildman–Crippen LogP) is 2.14. The second kappa shape index (κ2) is 5.23. The predicted molar refractivity (Wildman–Crippen MR) is 89.6 cm³/mol. The normalized spacial score (nSPS) is 18.7. The van der Waals surface area contributed by atoms with Gasteiger partial charge in [-0.15, -0.1) is 0 Å². The molecular formula is C19H15N3O2. The van der Waals surface area contributed by atoms with Gasteiger partial charge in [0.15, 0.2) is 5.66 Å². The van der Waals surface area contributed by atoms with E-state index in [1.165, 1.54) is 0 Å². The van der Waals surface area contributed by atoms with E-state index in [-0.39, 0.29) is 5.56 Å². The van der Waals surface area contributed by atoms with Gasteiger partial charge in [-0.1, -0.05) is 24.3 Å². The first kappa shape index (κ1) is 14.5. The summed E-state index contributed by atoms with van der Waals surface area (Å²) in [4.78, 5) is 25.1. The van der Waals surface area contributed by atoms with Crippen LogP contribution in [0.1, 0.15) is 23.0 Å². The van der Waals surface area contributed by atoms with Crippen molar-refractivity contribution < 1.29 is 9.90 Å². The molecule has 0 bridgehead atoms. The van der Waals surface area contributed by atoms with Crippen LogP contribution in [0.4, 0.5) is 0 Å². The molecule has 0 radical (unpaired) electrons. The summed E-state index contributed by atoms with van der Waals surface area (Å²) in [7, 11) is 0. The van der Waals surface area contributed by atoms with E-state index in [1.54, 1.807) is 18.2 Å². The van der Waals surface area contributed by atoms with E-state index < -0.39 is 11.6 Å². The SMILES string of the molecule is CC1(Cc2ccc3ccccc3n2)N=c2ccc(C(=O)O)cc2=N1. The zero-order valence-corrected chi connectivity index (χ0v) is 13.1. The molecule has 1 aliphatic rings. The minimum Gasteiger partial charge on any atom is -0.478 e. The number of carboxylic acids is 1. The average molecular weight is 317 g/mol. The number of fused-ring (bicyclic) bond motifs is 2. The Balaban J connectivity index is 1.71. The number of aromatic carboxylic acids is 1. The van der Waals surface area contributed by atoms with Gasteiger partial charge in [0, 0.05) is 17.5 Å². The highest BCUT2D eigenvalue weighted by Crippen LogP contribution is 2.21. The van der Waals surface area contributed by atoms with Crippen LogP contribution in [0.25, 0.3) is 10.9 Å². The molecule has 0 fully saturated rings. The van der Waals surface area contributed by atoms with E-state index in [4.69, 9.17) is 5.11 Å². The smallest absolute Gasteiger partial charge is 0.335 e. The molecule has 24 heavy (non-hydrogen) atoms. The number of carboxylic acid groups (broad SMARTS) is 1. The molecule has 0 spiro atoms. The third-order valence-corrected chi connectivity index (χ3v) is 4.12. The molecule has 4 rings (SSSR count). The van der Waals surface area contributed by atoms with Crippen LogP contribution >= 0.6 is 0 Å². The molecule has 118 valence electrons. The number of hydrogen-bond donors (Lipinski definition) is 1.